The van der Waals surface area contributed by atoms with E-state index in [9.17, 15) is 0 Å². The minimum Gasteiger partial charge on any atom is -0.357 e. The van der Waals surface area contributed by atoms with Crippen molar-refractivity contribution in [3.8, 4) is 0 Å². The molecule has 0 aliphatic rings. The molecule has 0 spiro atoms. The van der Waals surface area contributed by atoms with E-state index in [0.717, 1.165) is 13.2 Å². The Morgan fingerprint density at radius 2 is 1.21 bits per heavy atom. The van der Waals surface area contributed by atoms with Crippen molar-refractivity contribution in [3.05, 3.63) is 0 Å². The van der Waals surface area contributed by atoms with E-state index in [1.165, 1.54) is 0 Å². The second-order valence-corrected chi connectivity index (χ2v) is 7.83. The van der Waals surface area contributed by atoms with Gasteiger partial charge in [0.2, 0.25) is 0 Å². The Morgan fingerprint density at radius 3 is 1.43 bits per heavy atom. The van der Waals surface area contributed by atoms with Crippen molar-refractivity contribution in [1.29, 1.82) is 0 Å². The summed E-state index contributed by atoms with van der Waals surface area (Å²) in [7, 11) is -0.587. The van der Waals surface area contributed by atoms with Gasteiger partial charge in [-0.1, -0.05) is 27.7 Å². The SMILES string of the molecule is CCOC(OCC)[Si](C(C)C)C(C)C. The minimum atomic E-state index is -0.587. The van der Waals surface area contributed by atoms with Gasteiger partial charge in [-0.25, -0.2) is 0 Å². The second kappa shape index (κ2) is 7.43. The standard InChI is InChI=1S/C11H25O2Si/c1-7-12-11(13-8-2)14(9(3)4)10(5)6/h9-11H,7-8H2,1-6H3. The quantitative estimate of drug-likeness (QED) is 0.481. The van der Waals surface area contributed by atoms with Crippen molar-refractivity contribution in [2.75, 3.05) is 13.2 Å². The summed E-state index contributed by atoms with van der Waals surface area (Å²) in [4.78, 5) is 0. The molecule has 3 heteroatoms. The van der Waals surface area contributed by atoms with Crippen LogP contribution in [0.3, 0.4) is 0 Å². The summed E-state index contributed by atoms with van der Waals surface area (Å²) in [6, 6.07) is 0. The summed E-state index contributed by atoms with van der Waals surface area (Å²) in [5.41, 5.74) is 1.39. The van der Waals surface area contributed by atoms with Crippen LogP contribution >= 0.6 is 0 Å². The lowest BCUT2D eigenvalue weighted by atomic mass is 10.5. The molecule has 0 saturated heterocycles. The van der Waals surface area contributed by atoms with E-state index >= 15 is 0 Å². The highest BCUT2D eigenvalue weighted by atomic mass is 28.3. The average molecular weight is 217 g/mol. The summed E-state index contributed by atoms with van der Waals surface area (Å²) >= 11 is 0. The van der Waals surface area contributed by atoms with Gasteiger partial charge < -0.3 is 9.47 Å². The lowest BCUT2D eigenvalue weighted by Gasteiger charge is -2.30. The fourth-order valence-corrected chi connectivity index (χ4v) is 4.89. The smallest absolute Gasteiger partial charge is 0.140 e. The maximum absolute atomic E-state index is 5.69. The van der Waals surface area contributed by atoms with Gasteiger partial charge in [-0.05, 0) is 24.9 Å². The summed E-state index contributed by atoms with van der Waals surface area (Å²) in [6.07, 6.45) is 0. The zero-order valence-corrected chi connectivity index (χ0v) is 11.5. The molecule has 0 N–H and O–H groups in total. The fourth-order valence-electron chi connectivity index (χ4n) is 1.75. The molecule has 85 valence electrons. The molecule has 0 heterocycles. The van der Waals surface area contributed by atoms with Crippen molar-refractivity contribution in [1.82, 2.24) is 0 Å². The topological polar surface area (TPSA) is 18.5 Å². The van der Waals surface area contributed by atoms with Crippen LogP contribution in [0.2, 0.25) is 11.1 Å². The van der Waals surface area contributed by atoms with Crippen LogP contribution in [-0.2, 0) is 9.47 Å². The summed E-state index contributed by atoms with van der Waals surface area (Å²) < 4.78 is 11.4. The lowest BCUT2D eigenvalue weighted by Crippen LogP contribution is -2.40. The van der Waals surface area contributed by atoms with Gasteiger partial charge in [0.05, 0.1) is 0 Å². The highest BCUT2D eigenvalue weighted by molar-refractivity contribution is 6.62. The number of hydrogen-bond acceptors (Lipinski definition) is 2. The predicted octanol–water partition coefficient (Wildman–Crippen LogP) is 3.24. The van der Waals surface area contributed by atoms with Crippen molar-refractivity contribution < 1.29 is 9.47 Å². The van der Waals surface area contributed by atoms with Crippen LogP contribution in [0.15, 0.2) is 0 Å². The Bertz CT molecular complexity index is 123. The molecule has 1 radical (unpaired) electrons. The van der Waals surface area contributed by atoms with Gasteiger partial charge in [0.25, 0.3) is 0 Å². The molecular weight excluding hydrogens is 192 g/mol. The van der Waals surface area contributed by atoms with E-state index in [0.29, 0.717) is 11.1 Å². The largest absolute Gasteiger partial charge is 0.357 e. The zero-order valence-electron chi connectivity index (χ0n) is 10.5. The van der Waals surface area contributed by atoms with Gasteiger partial charge in [-0.2, -0.15) is 0 Å². The first kappa shape index (κ1) is 14.1. The van der Waals surface area contributed by atoms with Crippen LogP contribution < -0.4 is 0 Å². The molecule has 0 aromatic carbocycles. The summed E-state index contributed by atoms with van der Waals surface area (Å²) in [5, 5.41) is 0. The first-order chi connectivity index (χ1) is 6.54. The lowest BCUT2D eigenvalue weighted by molar-refractivity contribution is -0.0869. The molecule has 0 rings (SSSR count). The summed E-state index contributed by atoms with van der Waals surface area (Å²) in [6.45, 7) is 14.7. The van der Waals surface area contributed by atoms with Crippen LogP contribution in [0.1, 0.15) is 41.5 Å². The molecule has 0 saturated carbocycles. The van der Waals surface area contributed by atoms with Gasteiger partial charge in [-0.3, -0.25) is 0 Å². The minimum absolute atomic E-state index is 0.0648. The molecule has 0 fully saturated rings. The normalized spacial score (nSPS) is 12.4. The highest BCUT2D eigenvalue weighted by Crippen LogP contribution is 2.25. The third-order valence-corrected chi connectivity index (χ3v) is 5.79. The van der Waals surface area contributed by atoms with E-state index in [4.69, 9.17) is 9.47 Å². The molecule has 0 aliphatic heterocycles. The predicted molar refractivity (Wildman–Crippen MR) is 63.0 cm³/mol. The molecule has 0 amide bonds. The molecule has 14 heavy (non-hydrogen) atoms. The van der Waals surface area contributed by atoms with Gasteiger partial charge in [0.1, 0.15) is 14.7 Å². The van der Waals surface area contributed by atoms with Crippen molar-refractivity contribution >= 4 is 8.80 Å². The Kier molecular flexibility index (Phi) is 7.50. The molecule has 0 aliphatic carbocycles. The van der Waals surface area contributed by atoms with Crippen molar-refractivity contribution in [2.24, 2.45) is 0 Å². The monoisotopic (exact) mass is 217 g/mol. The molecule has 0 unspecified atom stereocenters. The fraction of sp³-hybridized carbons (Fsp3) is 1.00. The van der Waals surface area contributed by atoms with E-state index in [2.05, 4.69) is 27.7 Å². The van der Waals surface area contributed by atoms with Crippen LogP contribution in [0, 0.1) is 0 Å². The zero-order chi connectivity index (χ0) is 11.1. The Labute approximate surface area is 90.6 Å². The Hall–Kier alpha value is 0.137. The maximum atomic E-state index is 5.69. The molecule has 2 nitrogen and oxygen atoms in total. The Morgan fingerprint density at radius 1 is 0.857 bits per heavy atom. The number of rotatable bonds is 7. The van der Waals surface area contributed by atoms with E-state index < -0.39 is 8.80 Å². The molecular formula is C11H25O2Si. The van der Waals surface area contributed by atoms with Crippen molar-refractivity contribution in [2.45, 2.75) is 58.5 Å². The third kappa shape index (κ3) is 4.58. The molecule has 0 atom stereocenters. The first-order valence-corrected chi connectivity index (χ1v) is 7.37. The van der Waals surface area contributed by atoms with Crippen LogP contribution in [0.25, 0.3) is 0 Å². The summed E-state index contributed by atoms with van der Waals surface area (Å²) in [5.74, 6) is 0.0648. The van der Waals surface area contributed by atoms with Crippen LogP contribution in [-0.4, -0.2) is 27.9 Å². The first-order valence-electron chi connectivity index (χ1n) is 5.64. The van der Waals surface area contributed by atoms with Crippen molar-refractivity contribution in [3.63, 3.8) is 0 Å². The van der Waals surface area contributed by atoms with Gasteiger partial charge in [-0.15, -0.1) is 0 Å². The third-order valence-electron chi connectivity index (χ3n) is 2.24. The molecule has 0 bridgehead atoms. The Balaban J connectivity index is 4.37. The van der Waals surface area contributed by atoms with E-state index in [1.807, 2.05) is 13.8 Å². The van der Waals surface area contributed by atoms with E-state index in [1.54, 1.807) is 0 Å². The highest BCUT2D eigenvalue weighted by Gasteiger charge is 2.30. The average Bonchev–Trinajstić information content (AvgIpc) is 2.03. The van der Waals surface area contributed by atoms with E-state index in [-0.39, 0.29) is 5.91 Å². The van der Waals surface area contributed by atoms with Gasteiger partial charge >= 0.3 is 0 Å². The van der Waals surface area contributed by atoms with Crippen LogP contribution in [0.4, 0.5) is 0 Å². The molecule has 0 aromatic heterocycles. The van der Waals surface area contributed by atoms with Gasteiger partial charge in [0, 0.05) is 13.2 Å². The second-order valence-electron chi connectivity index (χ2n) is 4.05. The van der Waals surface area contributed by atoms with Crippen LogP contribution in [0.5, 0.6) is 0 Å². The maximum Gasteiger partial charge on any atom is 0.140 e. The number of ether oxygens (including phenoxy) is 2. The van der Waals surface area contributed by atoms with Gasteiger partial charge in [0.15, 0.2) is 0 Å². The molecule has 0 aromatic rings. The number of hydrogen-bond donors (Lipinski definition) is 0.